The van der Waals surface area contributed by atoms with E-state index in [2.05, 4.69) is 32.5 Å². The fourth-order valence-corrected chi connectivity index (χ4v) is 4.07. The minimum absolute atomic E-state index is 0.233. The third-order valence-corrected chi connectivity index (χ3v) is 5.82. The number of amides is 1. The molecule has 1 aliphatic heterocycles. The first-order valence-corrected chi connectivity index (χ1v) is 10.4. The number of aromatic nitrogens is 2. The summed E-state index contributed by atoms with van der Waals surface area (Å²) in [6, 6.07) is 8.54. The van der Waals surface area contributed by atoms with Crippen LogP contribution in [0.4, 0.5) is 0 Å². The molecule has 2 aliphatic rings. The van der Waals surface area contributed by atoms with Gasteiger partial charge in [-0.2, -0.15) is 5.10 Å². The Hall–Kier alpha value is -2.34. The summed E-state index contributed by atoms with van der Waals surface area (Å²) in [6.07, 6.45) is 8.33. The maximum Gasteiger partial charge on any atom is 0.220 e. The lowest BCUT2D eigenvalue weighted by Crippen LogP contribution is -2.35. The number of hydrogen-bond donors (Lipinski definition) is 2. The largest absolute Gasteiger partial charge is 0.497 e. The Labute approximate surface area is 166 Å². The van der Waals surface area contributed by atoms with Gasteiger partial charge in [0.25, 0.3) is 0 Å². The van der Waals surface area contributed by atoms with Crippen molar-refractivity contribution in [2.45, 2.75) is 51.1 Å². The van der Waals surface area contributed by atoms with Gasteiger partial charge in [0.15, 0.2) is 0 Å². The standard InChI is InChI=1S/C22H30N4O2/c1-28-20-9-5-17(6-10-20)22-18(13-23-25-22)15-26-12-2-3-16(14-26)4-11-21(27)24-19-7-8-19/h5-6,9-10,13,16,19H,2-4,7-8,11-12,14-15H2,1H3,(H,23,25)(H,24,27)/t16-/m1/s1. The average molecular weight is 383 g/mol. The quantitative estimate of drug-likeness (QED) is 0.734. The van der Waals surface area contributed by atoms with Crippen LogP contribution in [-0.4, -0.2) is 47.2 Å². The van der Waals surface area contributed by atoms with Crippen molar-refractivity contribution in [3.8, 4) is 17.0 Å². The normalized spacial score (nSPS) is 20.1. The molecule has 6 nitrogen and oxygen atoms in total. The predicted molar refractivity (Wildman–Crippen MR) is 109 cm³/mol. The van der Waals surface area contributed by atoms with E-state index in [4.69, 9.17) is 4.74 Å². The van der Waals surface area contributed by atoms with Gasteiger partial charge in [-0.3, -0.25) is 14.8 Å². The van der Waals surface area contributed by atoms with Crippen LogP contribution in [0.2, 0.25) is 0 Å². The molecule has 0 unspecified atom stereocenters. The molecule has 1 saturated heterocycles. The predicted octanol–water partition coefficient (Wildman–Crippen LogP) is 3.36. The van der Waals surface area contributed by atoms with Crippen molar-refractivity contribution in [2.24, 2.45) is 5.92 Å². The smallest absolute Gasteiger partial charge is 0.220 e. The summed E-state index contributed by atoms with van der Waals surface area (Å²) in [6.45, 7) is 3.06. The lowest BCUT2D eigenvalue weighted by Gasteiger charge is -2.32. The van der Waals surface area contributed by atoms with Crippen LogP contribution in [0.5, 0.6) is 5.75 Å². The first kappa shape index (κ1) is 19.0. The van der Waals surface area contributed by atoms with E-state index in [9.17, 15) is 4.79 Å². The van der Waals surface area contributed by atoms with Gasteiger partial charge in [0.05, 0.1) is 19.0 Å². The highest BCUT2D eigenvalue weighted by Gasteiger charge is 2.25. The zero-order valence-corrected chi connectivity index (χ0v) is 16.6. The molecule has 1 aromatic heterocycles. The number of methoxy groups -OCH3 is 1. The third kappa shape index (κ3) is 4.93. The van der Waals surface area contributed by atoms with E-state index < -0.39 is 0 Å². The number of carbonyl (C=O) groups is 1. The summed E-state index contributed by atoms with van der Waals surface area (Å²) in [5, 5.41) is 10.5. The molecule has 0 bridgehead atoms. The first-order chi connectivity index (χ1) is 13.7. The van der Waals surface area contributed by atoms with E-state index in [0.29, 0.717) is 18.4 Å². The van der Waals surface area contributed by atoms with Crippen molar-refractivity contribution < 1.29 is 9.53 Å². The van der Waals surface area contributed by atoms with Gasteiger partial charge in [0, 0.05) is 36.7 Å². The molecule has 0 spiro atoms. The van der Waals surface area contributed by atoms with Crippen molar-refractivity contribution >= 4 is 5.91 Å². The molecule has 1 aliphatic carbocycles. The van der Waals surface area contributed by atoms with Gasteiger partial charge < -0.3 is 10.1 Å². The molecule has 2 aromatic rings. The Bertz CT molecular complexity index is 782. The fraction of sp³-hybridized carbons (Fsp3) is 0.545. The second-order valence-corrected chi connectivity index (χ2v) is 8.12. The Morgan fingerprint density at radius 2 is 2.11 bits per heavy atom. The minimum atomic E-state index is 0.233. The molecule has 4 rings (SSSR count). The molecule has 2 N–H and O–H groups in total. The average Bonchev–Trinajstić information content (AvgIpc) is 3.42. The van der Waals surface area contributed by atoms with Gasteiger partial charge in [-0.1, -0.05) is 0 Å². The summed E-state index contributed by atoms with van der Waals surface area (Å²) in [7, 11) is 1.68. The van der Waals surface area contributed by atoms with Crippen LogP contribution in [0.3, 0.4) is 0 Å². The van der Waals surface area contributed by atoms with Crippen LogP contribution in [0.25, 0.3) is 11.3 Å². The number of rotatable bonds is 8. The highest BCUT2D eigenvalue weighted by atomic mass is 16.5. The topological polar surface area (TPSA) is 70.2 Å². The number of ether oxygens (including phenoxy) is 1. The van der Waals surface area contributed by atoms with Gasteiger partial charge in [-0.25, -0.2) is 0 Å². The lowest BCUT2D eigenvalue weighted by molar-refractivity contribution is -0.121. The molecule has 2 heterocycles. The molecule has 1 saturated carbocycles. The first-order valence-electron chi connectivity index (χ1n) is 10.4. The molecule has 1 amide bonds. The van der Waals surface area contributed by atoms with Crippen molar-refractivity contribution in [1.82, 2.24) is 20.4 Å². The molecule has 1 aromatic carbocycles. The van der Waals surface area contributed by atoms with E-state index in [0.717, 1.165) is 55.9 Å². The van der Waals surface area contributed by atoms with Crippen LogP contribution in [0, 0.1) is 5.92 Å². The molecule has 1 atom stereocenters. The number of carbonyl (C=O) groups excluding carboxylic acids is 1. The highest BCUT2D eigenvalue weighted by molar-refractivity contribution is 5.76. The minimum Gasteiger partial charge on any atom is -0.497 e. The van der Waals surface area contributed by atoms with Gasteiger partial charge >= 0.3 is 0 Å². The van der Waals surface area contributed by atoms with E-state index in [1.165, 1.54) is 18.4 Å². The second-order valence-electron chi connectivity index (χ2n) is 8.12. The van der Waals surface area contributed by atoms with Crippen LogP contribution < -0.4 is 10.1 Å². The van der Waals surface area contributed by atoms with E-state index >= 15 is 0 Å². The zero-order chi connectivity index (χ0) is 19.3. The summed E-state index contributed by atoms with van der Waals surface area (Å²) in [4.78, 5) is 14.5. The van der Waals surface area contributed by atoms with Crippen LogP contribution in [0.15, 0.2) is 30.5 Å². The molecular formula is C22H30N4O2. The van der Waals surface area contributed by atoms with E-state index in [-0.39, 0.29) is 5.91 Å². The summed E-state index contributed by atoms with van der Waals surface area (Å²) in [5.74, 6) is 1.70. The van der Waals surface area contributed by atoms with Crippen molar-refractivity contribution in [2.75, 3.05) is 20.2 Å². The maximum atomic E-state index is 12.0. The number of hydrogen-bond acceptors (Lipinski definition) is 4. The Morgan fingerprint density at radius 1 is 1.29 bits per heavy atom. The Balaban J connectivity index is 1.32. The number of H-pyrrole nitrogens is 1. The highest BCUT2D eigenvalue weighted by Crippen LogP contribution is 2.27. The summed E-state index contributed by atoms with van der Waals surface area (Å²) < 4.78 is 5.25. The molecule has 150 valence electrons. The Kier molecular flexibility index (Phi) is 5.95. The number of nitrogens with one attached hydrogen (secondary N) is 2. The lowest BCUT2D eigenvalue weighted by atomic mass is 9.93. The van der Waals surface area contributed by atoms with Crippen LogP contribution >= 0.6 is 0 Å². The number of piperidine rings is 1. The zero-order valence-electron chi connectivity index (χ0n) is 16.6. The number of benzene rings is 1. The fourth-order valence-electron chi connectivity index (χ4n) is 4.07. The SMILES string of the molecule is COc1ccc(-c2[nH]ncc2CN2CCC[C@H](CCC(=O)NC3CC3)C2)cc1. The molecule has 6 heteroatoms. The Morgan fingerprint density at radius 3 is 2.86 bits per heavy atom. The molecule has 28 heavy (non-hydrogen) atoms. The molecular weight excluding hydrogens is 352 g/mol. The number of likely N-dealkylation sites (tertiary alicyclic amines) is 1. The monoisotopic (exact) mass is 382 g/mol. The van der Waals surface area contributed by atoms with Gasteiger partial charge in [-0.15, -0.1) is 0 Å². The third-order valence-electron chi connectivity index (χ3n) is 5.82. The van der Waals surface area contributed by atoms with Crippen LogP contribution in [-0.2, 0) is 11.3 Å². The van der Waals surface area contributed by atoms with Crippen molar-refractivity contribution in [1.29, 1.82) is 0 Å². The number of nitrogens with zero attached hydrogens (tertiary/aromatic N) is 2. The summed E-state index contributed by atoms with van der Waals surface area (Å²) in [5.41, 5.74) is 3.42. The van der Waals surface area contributed by atoms with Gasteiger partial charge in [0.2, 0.25) is 5.91 Å². The van der Waals surface area contributed by atoms with E-state index in [1.807, 2.05) is 18.3 Å². The van der Waals surface area contributed by atoms with Gasteiger partial charge in [0.1, 0.15) is 5.75 Å². The van der Waals surface area contributed by atoms with E-state index in [1.54, 1.807) is 7.11 Å². The second kappa shape index (κ2) is 8.78. The molecule has 2 fully saturated rings. The van der Waals surface area contributed by atoms with Crippen molar-refractivity contribution in [3.05, 3.63) is 36.0 Å². The number of aromatic amines is 1. The maximum absolute atomic E-state index is 12.0. The molecule has 0 radical (unpaired) electrons. The van der Waals surface area contributed by atoms with Gasteiger partial charge in [-0.05, 0) is 68.8 Å². The van der Waals surface area contributed by atoms with Crippen LogP contribution in [0.1, 0.15) is 44.1 Å². The van der Waals surface area contributed by atoms with Crippen molar-refractivity contribution in [3.63, 3.8) is 0 Å². The summed E-state index contributed by atoms with van der Waals surface area (Å²) >= 11 is 0.